The summed E-state index contributed by atoms with van der Waals surface area (Å²) in [6.45, 7) is 0.562. The van der Waals surface area contributed by atoms with Gasteiger partial charge in [0.1, 0.15) is 0 Å². The van der Waals surface area contributed by atoms with Crippen LogP contribution >= 0.6 is 23.2 Å². The predicted octanol–water partition coefficient (Wildman–Crippen LogP) is 4.10. The lowest BCUT2D eigenvalue weighted by Gasteiger charge is -2.18. The fourth-order valence-corrected chi connectivity index (χ4v) is 1.99. The molecule has 2 N–H and O–H groups in total. The van der Waals surface area contributed by atoms with Crippen LogP contribution in [-0.4, -0.2) is 35.6 Å². The molecule has 0 saturated carbocycles. The van der Waals surface area contributed by atoms with Crippen LogP contribution in [0.25, 0.3) is 0 Å². The molecule has 1 aromatic rings. The molecule has 0 heterocycles. The summed E-state index contributed by atoms with van der Waals surface area (Å²) in [5.74, 6) is -0.791. The number of nitrogens with zero attached hydrogens (tertiary/aromatic N) is 1. The van der Waals surface area contributed by atoms with Crippen molar-refractivity contribution < 1.29 is 14.7 Å². The van der Waals surface area contributed by atoms with Crippen molar-refractivity contribution in [3.8, 4) is 0 Å². The van der Waals surface area contributed by atoms with Crippen molar-refractivity contribution in [1.29, 1.82) is 0 Å². The molecule has 5 nitrogen and oxygen atoms in total. The minimum Gasteiger partial charge on any atom is -0.481 e. The molecule has 116 valence electrons. The highest BCUT2D eigenvalue weighted by molar-refractivity contribution is 6.42. The number of anilines is 1. The molecule has 0 saturated heterocycles. The Kier molecular flexibility index (Phi) is 7.32. The van der Waals surface area contributed by atoms with E-state index in [1.165, 1.54) is 0 Å². The molecule has 0 unspecified atom stereocenters. The maximum atomic E-state index is 11.9. The van der Waals surface area contributed by atoms with E-state index in [0.29, 0.717) is 28.7 Å². The Morgan fingerprint density at radius 3 is 2.52 bits per heavy atom. The molecule has 0 aromatic heterocycles. The van der Waals surface area contributed by atoms with Gasteiger partial charge in [0.05, 0.1) is 10.0 Å². The SMILES string of the molecule is CN(CCCCCC(=O)O)C(=O)Nc1ccc(Cl)c(Cl)c1. The van der Waals surface area contributed by atoms with Crippen LogP contribution in [0.1, 0.15) is 25.7 Å². The molecule has 0 aliphatic carbocycles. The Bertz CT molecular complexity index is 509. The van der Waals surface area contributed by atoms with E-state index in [2.05, 4.69) is 5.32 Å². The fourth-order valence-electron chi connectivity index (χ4n) is 1.70. The quantitative estimate of drug-likeness (QED) is 0.738. The number of carboxylic acids is 1. The number of benzene rings is 1. The van der Waals surface area contributed by atoms with E-state index >= 15 is 0 Å². The highest BCUT2D eigenvalue weighted by Gasteiger charge is 2.09. The van der Waals surface area contributed by atoms with Gasteiger partial charge in [0, 0.05) is 25.7 Å². The number of unbranched alkanes of at least 4 members (excludes halogenated alkanes) is 2. The summed E-state index contributed by atoms with van der Waals surface area (Å²) in [7, 11) is 1.68. The van der Waals surface area contributed by atoms with Crippen LogP contribution in [0.5, 0.6) is 0 Å². The van der Waals surface area contributed by atoms with E-state index in [4.69, 9.17) is 28.3 Å². The third-order valence-electron chi connectivity index (χ3n) is 2.90. The largest absolute Gasteiger partial charge is 0.481 e. The number of urea groups is 1. The lowest BCUT2D eigenvalue weighted by atomic mass is 10.2. The third kappa shape index (κ3) is 6.69. The lowest BCUT2D eigenvalue weighted by Crippen LogP contribution is -2.32. The van der Waals surface area contributed by atoms with Gasteiger partial charge in [-0.15, -0.1) is 0 Å². The van der Waals surface area contributed by atoms with Crippen molar-refractivity contribution in [2.24, 2.45) is 0 Å². The number of carbonyl (C=O) groups is 2. The first-order valence-electron chi connectivity index (χ1n) is 6.59. The third-order valence-corrected chi connectivity index (χ3v) is 3.64. The number of aliphatic carboxylic acids is 1. The molecule has 7 heteroatoms. The number of halogens is 2. The molecule has 0 fully saturated rings. The normalized spacial score (nSPS) is 10.2. The summed E-state index contributed by atoms with van der Waals surface area (Å²) in [6.07, 6.45) is 2.33. The molecule has 0 atom stereocenters. The molecular formula is C14H18Cl2N2O3. The molecule has 2 amide bonds. The summed E-state index contributed by atoms with van der Waals surface area (Å²) in [6, 6.07) is 4.63. The summed E-state index contributed by atoms with van der Waals surface area (Å²) in [5.41, 5.74) is 0.576. The van der Waals surface area contributed by atoms with E-state index in [1.54, 1.807) is 30.1 Å². The van der Waals surface area contributed by atoms with Crippen LogP contribution in [0, 0.1) is 0 Å². The molecule has 21 heavy (non-hydrogen) atoms. The van der Waals surface area contributed by atoms with Gasteiger partial charge in [0.15, 0.2) is 0 Å². The Balaban J connectivity index is 2.33. The Labute approximate surface area is 133 Å². The van der Waals surface area contributed by atoms with Crippen LogP contribution in [-0.2, 0) is 4.79 Å². The Hall–Kier alpha value is -1.46. The first-order valence-corrected chi connectivity index (χ1v) is 7.34. The zero-order valence-corrected chi connectivity index (χ0v) is 13.2. The number of hydrogen-bond acceptors (Lipinski definition) is 2. The van der Waals surface area contributed by atoms with Gasteiger partial charge in [0.2, 0.25) is 0 Å². The number of hydrogen-bond donors (Lipinski definition) is 2. The Morgan fingerprint density at radius 2 is 1.90 bits per heavy atom. The maximum Gasteiger partial charge on any atom is 0.321 e. The van der Waals surface area contributed by atoms with Gasteiger partial charge in [-0.05, 0) is 31.0 Å². The zero-order valence-electron chi connectivity index (χ0n) is 11.7. The molecular weight excluding hydrogens is 315 g/mol. The standard InChI is InChI=1S/C14H18Cl2N2O3/c1-18(8-4-2-3-5-13(19)20)14(21)17-10-6-7-11(15)12(16)9-10/h6-7,9H,2-5,8H2,1H3,(H,17,21)(H,19,20). The highest BCUT2D eigenvalue weighted by atomic mass is 35.5. The summed E-state index contributed by atoms with van der Waals surface area (Å²) < 4.78 is 0. The Morgan fingerprint density at radius 1 is 1.19 bits per heavy atom. The highest BCUT2D eigenvalue weighted by Crippen LogP contribution is 2.25. The number of carbonyl (C=O) groups excluding carboxylic acids is 1. The lowest BCUT2D eigenvalue weighted by molar-refractivity contribution is -0.137. The molecule has 1 rings (SSSR count). The van der Waals surface area contributed by atoms with Crippen molar-refractivity contribution in [3.05, 3.63) is 28.2 Å². The van der Waals surface area contributed by atoms with Crippen molar-refractivity contribution in [1.82, 2.24) is 4.90 Å². The van der Waals surface area contributed by atoms with Crippen LogP contribution in [0.3, 0.4) is 0 Å². The van der Waals surface area contributed by atoms with Gasteiger partial charge in [-0.3, -0.25) is 4.79 Å². The molecule has 0 aliphatic heterocycles. The number of amides is 2. The van der Waals surface area contributed by atoms with Gasteiger partial charge in [-0.1, -0.05) is 29.6 Å². The smallest absolute Gasteiger partial charge is 0.321 e. The second-order valence-electron chi connectivity index (χ2n) is 4.68. The summed E-state index contributed by atoms with van der Waals surface area (Å²) in [4.78, 5) is 23.8. The number of carboxylic acid groups (broad SMARTS) is 1. The summed E-state index contributed by atoms with van der Waals surface area (Å²) >= 11 is 11.7. The number of nitrogens with one attached hydrogen (secondary N) is 1. The number of rotatable bonds is 7. The zero-order chi connectivity index (χ0) is 15.8. The van der Waals surface area contributed by atoms with Crippen molar-refractivity contribution in [3.63, 3.8) is 0 Å². The average molecular weight is 333 g/mol. The van der Waals surface area contributed by atoms with Gasteiger partial charge in [-0.2, -0.15) is 0 Å². The van der Waals surface area contributed by atoms with E-state index < -0.39 is 5.97 Å². The van der Waals surface area contributed by atoms with Crippen LogP contribution in [0.4, 0.5) is 10.5 Å². The minimum atomic E-state index is -0.791. The second kappa shape index (κ2) is 8.74. The van der Waals surface area contributed by atoms with E-state index in [9.17, 15) is 9.59 Å². The molecule has 1 aromatic carbocycles. The second-order valence-corrected chi connectivity index (χ2v) is 5.50. The average Bonchev–Trinajstić information content (AvgIpc) is 2.42. The molecule has 0 radical (unpaired) electrons. The minimum absolute atomic E-state index is 0.166. The van der Waals surface area contributed by atoms with Gasteiger partial charge in [-0.25, -0.2) is 4.79 Å². The molecule has 0 aliphatic rings. The van der Waals surface area contributed by atoms with E-state index in [-0.39, 0.29) is 12.5 Å². The summed E-state index contributed by atoms with van der Waals surface area (Å²) in [5, 5.41) is 12.1. The molecule has 0 bridgehead atoms. The van der Waals surface area contributed by atoms with Crippen LogP contribution in [0.15, 0.2) is 18.2 Å². The van der Waals surface area contributed by atoms with Gasteiger partial charge >= 0.3 is 12.0 Å². The van der Waals surface area contributed by atoms with Gasteiger partial charge in [0.25, 0.3) is 0 Å². The van der Waals surface area contributed by atoms with Crippen molar-refractivity contribution in [2.75, 3.05) is 18.9 Å². The topological polar surface area (TPSA) is 69.6 Å². The maximum absolute atomic E-state index is 11.9. The van der Waals surface area contributed by atoms with Crippen LogP contribution in [0.2, 0.25) is 10.0 Å². The molecule has 0 spiro atoms. The van der Waals surface area contributed by atoms with E-state index in [0.717, 1.165) is 12.8 Å². The van der Waals surface area contributed by atoms with E-state index in [1.807, 2.05) is 0 Å². The van der Waals surface area contributed by atoms with Crippen molar-refractivity contribution in [2.45, 2.75) is 25.7 Å². The predicted molar refractivity (Wildman–Crippen MR) is 84.2 cm³/mol. The first kappa shape index (κ1) is 17.6. The fraction of sp³-hybridized carbons (Fsp3) is 0.429. The van der Waals surface area contributed by atoms with Gasteiger partial charge < -0.3 is 15.3 Å². The van der Waals surface area contributed by atoms with Crippen LogP contribution < -0.4 is 5.32 Å². The monoisotopic (exact) mass is 332 g/mol. The van der Waals surface area contributed by atoms with Crippen molar-refractivity contribution >= 4 is 40.9 Å². The first-order chi connectivity index (χ1) is 9.90.